The van der Waals surface area contributed by atoms with Gasteiger partial charge in [0.15, 0.2) is 0 Å². The molecule has 6 heteroatoms. The number of aryl methyl sites for hydroxylation is 1. The van der Waals surface area contributed by atoms with Crippen molar-refractivity contribution in [1.82, 2.24) is 9.97 Å². The standard InChI is InChI=1S/C17H21BrN4O/c1-3-4-5-8-19-16-10-15(20-11-21-16)17(23)22-13-6-7-14(18)12(2)9-13/h6-7,9-11H,3-5,8H2,1-2H3,(H,22,23)(H,19,20,21). The van der Waals surface area contributed by atoms with Gasteiger partial charge in [-0.2, -0.15) is 0 Å². The molecule has 0 fully saturated rings. The fourth-order valence-electron chi connectivity index (χ4n) is 2.09. The third-order valence-corrected chi connectivity index (χ3v) is 4.29. The van der Waals surface area contributed by atoms with Gasteiger partial charge in [-0.15, -0.1) is 0 Å². The van der Waals surface area contributed by atoms with Crippen LogP contribution in [0.5, 0.6) is 0 Å². The molecule has 1 aromatic heterocycles. The lowest BCUT2D eigenvalue weighted by Gasteiger charge is -2.08. The molecule has 0 aliphatic carbocycles. The minimum Gasteiger partial charge on any atom is -0.370 e. The van der Waals surface area contributed by atoms with Gasteiger partial charge in [0.2, 0.25) is 0 Å². The predicted octanol–water partition coefficient (Wildman–Crippen LogP) is 4.40. The lowest BCUT2D eigenvalue weighted by Crippen LogP contribution is -2.15. The third kappa shape index (κ3) is 5.32. The second-order valence-corrected chi connectivity index (χ2v) is 6.19. The molecule has 0 radical (unpaired) electrons. The van der Waals surface area contributed by atoms with Gasteiger partial charge >= 0.3 is 0 Å². The average Bonchev–Trinajstić information content (AvgIpc) is 2.55. The zero-order valence-corrected chi connectivity index (χ0v) is 15.0. The maximum absolute atomic E-state index is 12.3. The highest BCUT2D eigenvalue weighted by Gasteiger charge is 2.09. The number of hydrogen-bond acceptors (Lipinski definition) is 4. The zero-order chi connectivity index (χ0) is 16.7. The van der Waals surface area contributed by atoms with Crippen molar-refractivity contribution in [1.29, 1.82) is 0 Å². The first-order valence-corrected chi connectivity index (χ1v) is 8.53. The number of carbonyl (C=O) groups is 1. The summed E-state index contributed by atoms with van der Waals surface area (Å²) < 4.78 is 1.01. The van der Waals surface area contributed by atoms with Gasteiger partial charge in [-0.25, -0.2) is 9.97 Å². The van der Waals surface area contributed by atoms with Crippen LogP contribution >= 0.6 is 15.9 Å². The molecule has 2 aromatic rings. The van der Waals surface area contributed by atoms with Crippen LogP contribution in [-0.4, -0.2) is 22.4 Å². The van der Waals surface area contributed by atoms with Crippen molar-refractivity contribution in [2.75, 3.05) is 17.2 Å². The molecule has 2 rings (SSSR count). The SMILES string of the molecule is CCCCCNc1cc(C(=O)Nc2ccc(Br)c(C)c2)ncn1. The van der Waals surface area contributed by atoms with Crippen molar-refractivity contribution in [3.05, 3.63) is 46.3 Å². The van der Waals surface area contributed by atoms with Crippen LogP contribution in [0.25, 0.3) is 0 Å². The van der Waals surface area contributed by atoms with E-state index >= 15 is 0 Å². The molecule has 0 saturated heterocycles. The molecule has 1 heterocycles. The van der Waals surface area contributed by atoms with E-state index in [0.29, 0.717) is 11.5 Å². The number of nitrogens with zero attached hydrogens (tertiary/aromatic N) is 2. The van der Waals surface area contributed by atoms with Gasteiger partial charge in [0.25, 0.3) is 5.91 Å². The molecule has 0 bridgehead atoms. The maximum atomic E-state index is 12.3. The summed E-state index contributed by atoms with van der Waals surface area (Å²) in [5.41, 5.74) is 2.15. The Balaban J connectivity index is 2.00. The van der Waals surface area contributed by atoms with Crippen molar-refractivity contribution < 1.29 is 4.79 Å². The summed E-state index contributed by atoms with van der Waals surface area (Å²) in [6.07, 6.45) is 4.84. The topological polar surface area (TPSA) is 66.9 Å². The molecule has 2 N–H and O–H groups in total. The molecule has 0 aliphatic rings. The first-order valence-electron chi connectivity index (χ1n) is 7.73. The van der Waals surface area contributed by atoms with Crippen LogP contribution in [-0.2, 0) is 0 Å². The number of rotatable bonds is 7. The second-order valence-electron chi connectivity index (χ2n) is 5.34. The van der Waals surface area contributed by atoms with E-state index in [1.54, 1.807) is 6.07 Å². The highest BCUT2D eigenvalue weighted by Crippen LogP contribution is 2.20. The van der Waals surface area contributed by atoms with Crippen molar-refractivity contribution in [3.8, 4) is 0 Å². The van der Waals surface area contributed by atoms with E-state index in [-0.39, 0.29) is 5.91 Å². The van der Waals surface area contributed by atoms with Gasteiger partial charge in [0, 0.05) is 22.8 Å². The molecule has 0 atom stereocenters. The Bertz CT molecular complexity index is 675. The van der Waals surface area contributed by atoms with Crippen molar-refractivity contribution in [2.24, 2.45) is 0 Å². The fourth-order valence-corrected chi connectivity index (χ4v) is 2.33. The molecule has 5 nitrogen and oxygen atoms in total. The van der Waals surface area contributed by atoms with Gasteiger partial charge in [-0.3, -0.25) is 4.79 Å². The first-order chi connectivity index (χ1) is 11.1. The number of halogens is 1. The zero-order valence-electron chi connectivity index (χ0n) is 13.4. The van der Waals surface area contributed by atoms with Crippen molar-refractivity contribution >= 4 is 33.3 Å². The third-order valence-electron chi connectivity index (χ3n) is 3.40. The van der Waals surface area contributed by atoms with Crippen LogP contribution in [0.4, 0.5) is 11.5 Å². The number of unbranched alkanes of at least 4 members (excludes halogenated alkanes) is 2. The van der Waals surface area contributed by atoms with Crippen LogP contribution in [0.2, 0.25) is 0 Å². The maximum Gasteiger partial charge on any atom is 0.274 e. The Kier molecular flexibility index (Phi) is 6.52. The van der Waals surface area contributed by atoms with Gasteiger partial charge in [-0.05, 0) is 37.1 Å². The molecule has 0 saturated carbocycles. The Hall–Kier alpha value is -1.95. The quantitative estimate of drug-likeness (QED) is 0.702. The largest absolute Gasteiger partial charge is 0.370 e. The van der Waals surface area contributed by atoms with Crippen LogP contribution in [0.1, 0.15) is 42.2 Å². The van der Waals surface area contributed by atoms with Crippen LogP contribution in [0.15, 0.2) is 35.1 Å². The number of hydrogen-bond donors (Lipinski definition) is 2. The predicted molar refractivity (Wildman–Crippen MR) is 96.9 cm³/mol. The van der Waals surface area contributed by atoms with Gasteiger partial charge in [0.1, 0.15) is 17.8 Å². The molecular weight excluding hydrogens is 356 g/mol. The number of carbonyl (C=O) groups excluding carboxylic acids is 1. The van der Waals surface area contributed by atoms with E-state index in [4.69, 9.17) is 0 Å². The molecule has 1 amide bonds. The smallest absolute Gasteiger partial charge is 0.274 e. The summed E-state index contributed by atoms with van der Waals surface area (Å²) in [5, 5.41) is 6.07. The molecule has 122 valence electrons. The molecule has 23 heavy (non-hydrogen) atoms. The van der Waals surface area contributed by atoms with E-state index in [9.17, 15) is 4.79 Å². The Morgan fingerprint density at radius 3 is 2.78 bits per heavy atom. The number of aromatic nitrogens is 2. The van der Waals surface area contributed by atoms with Crippen LogP contribution in [0, 0.1) is 6.92 Å². The minimum absolute atomic E-state index is 0.245. The van der Waals surface area contributed by atoms with Gasteiger partial charge < -0.3 is 10.6 Å². The first kappa shape index (κ1) is 17.4. The average molecular weight is 377 g/mol. The fraction of sp³-hybridized carbons (Fsp3) is 0.353. The monoisotopic (exact) mass is 376 g/mol. The molecular formula is C17H21BrN4O. The van der Waals surface area contributed by atoms with E-state index in [2.05, 4.69) is 43.5 Å². The summed E-state index contributed by atoms with van der Waals surface area (Å²) in [6.45, 7) is 4.98. The number of amides is 1. The molecule has 0 spiro atoms. The summed E-state index contributed by atoms with van der Waals surface area (Å²) >= 11 is 3.44. The van der Waals surface area contributed by atoms with Crippen LogP contribution in [0.3, 0.4) is 0 Å². The number of benzene rings is 1. The number of anilines is 2. The van der Waals surface area contributed by atoms with Gasteiger partial charge in [-0.1, -0.05) is 35.7 Å². The van der Waals surface area contributed by atoms with Gasteiger partial charge in [0.05, 0.1) is 0 Å². The second kappa shape index (κ2) is 8.62. The van der Waals surface area contributed by atoms with E-state index in [0.717, 1.165) is 28.7 Å². The summed E-state index contributed by atoms with van der Waals surface area (Å²) in [7, 11) is 0. The highest BCUT2D eigenvalue weighted by molar-refractivity contribution is 9.10. The highest BCUT2D eigenvalue weighted by atomic mass is 79.9. The minimum atomic E-state index is -0.245. The Morgan fingerprint density at radius 1 is 1.22 bits per heavy atom. The van der Waals surface area contributed by atoms with E-state index in [1.165, 1.54) is 19.2 Å². The lowest BCUT2D eigenvalue weighted by molar-refractivity contribution is 0.102. The van der Waals surface area contributed by atoms with E-state index < -0.39 is 0 Å². The molecule has 0 aliphatic heterocycles. The Morgan fingerprint density at radius 2 is 2.04 bits per heavy atom. The number of nitrogens with one attached hydrogen (secondary N) is 2. The Labute approximate surface area is 145 Å². The van der Waals surface area contributed by atoms with E-state index in [1.807, 2.05) is 25.1 Å². The normalized spacial score (nSPS) is 10.4. The van der Waals surface area contributed by atoms with Crippen LogP contribution < -0.4 is 10.6 Å². The lowest BCUT2D eigenvalue weighted by atomic mass is 10.2. The molecule has 1 aromatic carbocycles. The van der Waals surface area contributed by atoms with Crippen molar-refractivity contribution in [3.63, 3.8) is 0 Å². The summed E-state index contributed by atoms with van der Waals surface area (Å²) in [4.78, 5) is 20.5. The summed E-state index contributed by atoms with van der Waals surface area (Å²) in [5.74, 6) is 0.430. The summed E-state index contributed by atoms with van der Waals surface area (Å²) in [6, 6.07) is 7.34. The molecule has 0 unspecified atom stereocenters. The van der Waals surface area contributed by atoms with Crippen molar-refractivity contribution in [2.45, 2.75) is 33.1 Å².